The summed E-state index contributed by atoms with van der Waals surface area (Å²) in [6.07, 6.45) is 1.12. The van der Waals surface area contributed by atoms with Crippen LogP contribution in [0.5, 0.6) is 11.5 Å². The molecule has 1 fully saturated rings. The van der Waals surface area contributed by atoms with Crippen LogP contribution < -0.4 is 14.8 Å². The van der Waals surface area contributed by atoms with Gasteiger partial charge < -0.3 is 29.2 Å². The first kappa shape index (κ1) is 24.3. The van der Waals surface area contributed by atoms with Gasteiger partial charge in [0.1, 0.15) is 0 Å². The van der Waals surface area contributed by atoms with Crippen LogP contribution in [-0.2, 0) is 14.9 Å². The SMILES string of the molecule is CCNC(=NCC(C)(C)c1ccc(OC)c(OC)c1)N1CCC(COCCOC)C1. The zero-order valence-corrected chi connectivity index (χ0v) is 19.5. The summed E-state index contributed by atoms with van der Waals surface area (Å²) in [5.74, 6) is 2.99. The summed E-state index contributed by atoms with van der Waals surface area (Å²) in [5.41, 5.74) is 1.04. The third-order valence-electron chi connectivity index (χ3n) is 5.49. The molecule has 1 aliphatic rings. The van der Waals surface area contributed by atoms with Gasteiger partial charge in [0, 0.05) is 38.1 Å². The van der Waals surface area contributed by atoms with E-state index < -0.39 is 0 Å². The van der Waals surface area contributed by atoms with Crippen LogP contribution in [0.4, 0.5) is 0 Å². The van der Waals surface area contributed by atoms with Crippen molar-refractivity contribution in [2.75, 3.05) is 67.3 Å². The Bertz CT molecular complexity index is 678. The number of benzene rings is 1. The van der Waals surface area contributed by atoms with Gasteiger partial charge in [0.05, 0.1) is 40.6 Å². The van der Waals surface area contributed by atoms with Crippen LogP contribution in [0.15, 0.2) is 23.2 Å². The maximum Gasteiger partial charge on any atom is 0.193 e. The molecule has 1 aromatic carbocycles. The first-order valence-electron chi connectivity index (χ1n) is 10.8. The second-order valence-corrected chi connectivity index (χ2v) is 8.29. The van der Waals surface area contributed by atoms with E-state index in [9.17, 15) is 0 Å². The molecule has 0 radical (unpaired) electrons. The van der Waals surface area contributed by atoms with Gasteiger partial charge in [-0.05, 0) is 31.0 Å². The highest BCUT2D eigenvalue weighted by Gasteiger charge is 2.27. The molecule has 1 heterocycles. The van der Waals surface area contributed by atoms with E-state index in [0.29, 0.717) is 25.7 Å². The molecule has 1 atom stereocenters. The molecule has 30 heavy (non-hydrogen) atoms. The van der Waals surface area contributed by atoms with E-state index >= 15 is 0 Å². The first-order chi connectivity index (χ1) is 14.4. The second kappa shape index (κ2) is 12.0. The van der Waals surface area contributed by atoms with Gasteiger partial charge in [-0.1, -0.05) is 19.9 Å². The molecule has 1 aromatic rings. The van der Waals surface area contributed by atoms with Crippen molar-refractivity contribution in [2.45, 2.75) is 32.6 Å². The lowest BCUT2D eigenvalue weighted by molar-refractivity contribution is 0.0536. The number of rotatable bonds is 11. The minimum Gasteiger partial charge on any atom is -0.493 e. The highest BCUT2D eigenvalue weighted by molar-refractivity contribution is 5.80. The molecule has 0 spiro atoms. The molecule has 170 valence electrons. The summed E-state index contributed by atoms with van der Waals surface area (Å²) < 4.78 is 21.6. The lowest BCUT2D eigenvalue weighted by atomic mass is 9.84. The first-order valence-corrected chi connectivity index (χ1v) is 10.8. The molecule has 1 N–H and O–H groups in total. The number of nitrogens with one attached hydrogen (secondary N) is 1. The summed E-state index contributed by atoms with van der Waals surface area (Å²) in [6.45, 7) is 12.1. The molecular weight excluding hydrogens is 382 g/mol. The van der Waals surface area contributed by atoms with Crippen LogP contribution in [0.1, 0.15) is 32.8 Å². The van der Waals surface area contributed by atoms with Gasteiger partial charge in [-0.3, -0.25) is 4.99 Å². The van der Waals surface area contributed by atoms with Crippen LogP contribution in [0.25, 0.3) is 0 Å². The quantitative estimate of drug-likeness (QED) is 0.337. The largest absolute Gasteiger partial charge is 0.493 e. The van der Waals surface area contributed by atoms with E-state index in [1.54, 1.807) is 21.3 Å². The molecule has 1 aliphatic heterocycles. The Hall–Kier alpha value is -1.99. The van der Waals surface area contributed by atoms with E-state index in [1.807, 2.05) is 12.1 Å². The van der Waals surface area contributed by atoms with Gasteiger partial charge >= 0.3 is 0 Å². The van der Waals surface area contributed by atoms with E-state index in [1.165, 1.54) is 5.56 Å². The van der Waals surface area contributed by atoms with Crippen molar-refractivity contribution in [2.24, 2.45) is 10.9 Å². The van der Waals surface area contributed by atoms with Crippen molar-refractivity contribution in [1.82, 2.24) is 10.2 Å². The number of ether oxygens (including phenoxy) is 4. The van der Waals surface area contributed by atoms with Gasteiger partial charge in [-0.25, -0.2) is 0 Å². The predicted molar refractivity (Wildman–Crippen MR) is 121 cm³/mol. The fourth-order valence-corrected chi connectivity index (χ4v) is 3.60. The van der Waals surface area contributed by atoms with Crippen LogP contribution in [-0.4, -0.2) is 78.2 Å². The minimum atomic E-state index is -0.136. The van der Waals surface area contributed by atoms with Crippen molar-refractivity contribution < 1.29 is 18.9 Å². The number of likely N-dealkylation sites (tertiary alicyclic amines) is 1. The lowest BCUT2D eigenvalue weighted by Crippen LogP contribution is -2.41. The number of nitrogens with zero attached hydrogens (tertiary/aromatic N) is 2. The second-order valence-electron chi connectivity index (χ2n) is 8.29. The predicted octanol–water partition coefficient (Wildman–Crippen LogP) is 2.93. The Kier molecular flexibility index (Phi) is 9.72. The number of methoxy groups -OCH3 is 3. The van der Waals surface area contributed by atoms with Gasteiger partial charge in [0.2, 0.25) is 0 Å². The molecule has 0 bridgehead atoms. The average molecular weight is 422 g/mol. The molecule has 0 amide bonds. The number of guanidine groups is 1. The third kappa shape index (κ3) is 6.77. The van der Waals surface area contributed by atoms with E-state index in [2.05, 4.69) is 37.1 Å². The molecule has 0 saturated carbocycles. The van der Waals surface area contributed by atoms with Crippen LogP contribution in [0.3, 0.4) is 0 Å². The molecule has 0 aromatic heterocycles. The zero-order chi connectivity index (χ0) is 22.0. The van der Waals surface area contributed by atoms with Crippen molar-refractivity contribution in [1.29, 1.82) is 0 Å². The van der Waals surface area contributed by atoms with Crippen molar-refractivity contribution in [3.8, 4) is 11.5 Å². The standard InChI is InChI=1S/C23H39N3O4/c1-7-24-22(26-11-10-18(15-26)16-30-13-12-27-4)25-17-23(2,3)19-8-9-20(28-5)21(14-19)29-6/h8-9,14,18H,7,10-13,15-17H2,1-6H3,(H,24,25). The van der Waals surface area contributed by atoms with Crippen LogP contribution in [0, 0.1) is 5.92 Å². The Morgan fingerprint density at radius 2 is 1.93 bits per heavy atom. The molecule has 1 unspecified atom stereocenters. The lowest BCUT2D eigenvalue weighted by Gasteiger charge is -2.27. The summed E-state index contributed by atoms with van der Waals surface area (Å²) in [4.78, 5) is 7.33. The average Bonchev–Trinajstić information content (AvgIpc) is 3.22. The zero-order valence-electron chi connectivity index (χ0n) is 19.5. The van der Waals surface area contributed by atoms with Gasteiger partial charge in [0.25, 0.3) is 0 Å². The van der Waals surface area contributed by atoms with E-state index in [0.717, 1.165) is 50.1 Å². The normalized spacial score (nSPS) is 17.3. The summed E-state index contributed by atoms with van der Waals surface area (Å²) in [7, 11) is 5.02. The molecule has 7 nitrogen and oxygen atoms in total. The summed E-state index contributed by atoms with van der Waals surface area (Å²) in [6, 6.07) is 6.09. The Labute approximate surface area is 181 Å². The van der Waals surface area contributed by atoms with Crippen LogP contribution in [0.2, 0.25) is 0 Å². The Morgan fingerprint density at radius 1 is 1.17 bits per heavy atom. The van der Waals surface area contributed by atoms with Crippen molar-refractivity contribution in [3.05, 3.63) is 23.8 Å². The summed E-state index contributed by atoms with van der Waals surface area (Å²) in [5, 5.41) is 3.46. The smallest absolute Gasteiger partial charge is 0.193 e. The van der Waals surface area contributed by atoms with E-state index in [-0.39, 0.29) is 5.41 Å². The Balaban J connectivity index is 2.03. The number of hydrogen-bond donors (Lipinski definition) is 1. The van der Waals surface area contributed by atoms with Gasteiger partial charge in [-0.2, -0.15) is 0 Å². The highest BCUT2D eigenvalue weighted by Crippen LogP contribution is 2.33. The van der Waals surface area contributed by atoms with Crippen LogP contribution >= 0.6 is 0 Å². The molecule has 2 rings (SSSR count). The van der Waals surface area contributed by atoms with E-state index in [4.69, 9.17) is 23.9 Å². The van der Waals surface area contributed by atoms with Crippen molar-refractivity contribution in [3.63, 3.8) is 0 Å². The molecule has 0 aliphatic carbocycles. The topological polar surface area (TPSA) is 64.6 Å². The third-order valence-corrected chi connectivity index (χ3v) is 5.49. The minimum absolute atomic E-state index is 0.136. The molecule has 7 heteroatoms. The molecule has 1 saturated heterocycles. The fourth-order valence-electron chi connectivity index (χ4n) is 3.60. The van der Waals surface area contributed by atoms with Gasteiger partial charge in [0.15, 0.2) is 17.5 Å². The highest BCUT2D eigenvalue weighted by atomic mass is 16.5. The summed E-state index contributed by atoms with van der Waals surface area (Å²) >= 11 is 0. The number of aliphatic imine (C=N–C) groups is 1. The fraction of sp³-hybridized carbons (Fsp3) is 0.696. The number of hydrogen-bond acceptors (Lipinski definition) is 5. The Morgan fingerprint density at radius 3 is 2.60 bits per heavy atom. The maximum atomic E-state index is 5.72. The monoisotopic (exact) mass is 421 g/mol. The molecular formula is C23H39N3O4. The van der Waals surface area contributed by atoms with Gasteiger partial charge in [-0.15, -0.1) is 0 Å². The van der Waals surface area contributed by atoms with Crippen molar-refractivity contribution >= 4 is 5.96 Å². The maximum absolute atomic E-state index is 5.72.